The lowest BCUT2D eigenvalue weighted by molar-refractivity contribution is -0.384. The van der Waals surface area contributed by atoms with Crippen LogP contribution in [0.2, 0.25) is 10.0 Å². The van der Waals surface area contributed by atoms with Gasteiger partial charge in [0.15, 0.2) is 5.78 Å². The van der Waals surface area contributed by atoms with Gasteiger partial charge < -0.3 is 10.5 Å². The van der Waals surface area contributed by atoms with Crippen LogP contribution in [0.25, 0.3) is 0 Å². The first-order valence-corrected chi connectivity index (χ1v) is 13.7. The second-order valence-electron chi connectivity index (χ2n) is 10.1. The zero-order valence-corrected chi connectivity index (χ0v) is 23.9. The molecule has 1 atom stereocenters. The highest BCUT2D eigenvalue weighted by Gasteiger charge is 2.42. The Morgan fingerprint density at radius 2 is 1.90 bits per heavy atom. The summed E-state index contributed by atoms with van der Waals surface area (Å²) < 4.78 is 6.03. The molecule has 0 bridgehead atoms. The molecule has 1 aliphatic heterocycles. The molecule has 3 aromatic rings. The van der Waals surface area contributed by atoms with Gasteiger partial charge in [0.25, 0.3) is 5.69 Å². The number of carbonyl (C=O) groups is 1. The molecular formula is C31H26Cl2N4O4. The monoisotopic (exact) mass is 588 g/mol. The van der Waals surface area contributed by atoms with Crippen molar-refractivity contribution in [3.63, 3.8) is 0 Å². The summed E-state index contributed by atoms with van der Waals surface area (Å²) in [7, 11) is 0. The number of allylic oxidation sites excluding steroid dienone is 3. The maximum Gasteiger partial charge on any atom is 0.294 e. The summed E-state index contributed by atoms with van der Waals surface area (Å²) in [6, 6.07) is 17.6. The maximum absolute atomic E-state index is 13.6. The van der Waals surface area contributed by atoms with E-state index in [0.717, 1.165) is 22.3 Å². The third-order valence-electron chi connectivity index (χ3n) is 7.52. The zero-order valence-electron chi connectivity index (χ0n) is 22.4. The summed E-state index contributed by atoms with van der Waals surface area (Å²) in [5.74, 6) is -0.257. The number of hydrogen-bond acceptors (Lipinski definition) is 7. The standard InChI is InChI=1S/C31H26Cl2N4O4/c1-17-12-19(16-41-28-9-4-3-6-23(28)33)18(2)21(13-17)29-22(15-34)31(35)36(25-7-5-8-27(38)30(25)29)24-11-10-20(32)14-26(24)37(39)40/h3-4,6,9-14,29H,5,7-8,16,35H2,1-2H3. The number of rotatable bonds is 6. The summed E-state index contributed by atoms with van der Waals surface area (Å²) in [5.41, 5.74) is 11.1. The third kappa shape index (κ3) is 5.15. The maximum atomic E-state index is 13.6. The number of ether oxygens (including phenoxy) is 1. The minimum absolute atomic E-state index is 0.0474. The lowest BCUT2D eigenvalue weighted by atomic mass is 9.73. The highest BCUT2D eigenvalue weighted by atomic mass is 35.5. The molecule has 3 aromatic carbocycles. The van der Waals surface area contributed by atoms with E-state index in [1.165, 1.54) is 23.1 Å². The number of anilines is 1. The lowest BCUT2D eigenvalue weighted by Gasteiger charge is -2.40. The van der Waals surface area contributed by atoms with Gasteiger partial charge in [-0.2, -0.15) is 5.26 Å². The number of ketones is 1. The average molecular weight is 589 g/mol. The van der Waals surface area contributed by atoms with Crippen molar-refractivity contribution in [2.45, 2.75) is 45.6 Å². The average Bonchev–Trinajstić information content (AvgIpc) is 2.94. The predicted molar refractivity (Wildman–Crippen MR) is 158 cm³/mol. The topological polar surface area (TPSA) is 122 Å². The van der Waals surface area contributed by atoms with E-state index in [4.69, 9.17) is 33.7 Å². The van der Waals surface area contributed by atoms with Crippen LogP contribution in [0.5, 0.6) is 5.75 Å². The van der Waals surface area contributed by atoms with Gasteiger partial charge in [0, 0.05) is 28.8 Å². The van der Waals surface area contributed by atoms with Gasteiger partial charge in [-0.25, -0.2) is 0 Å². The number of nitro groups is 1. The predicted octanol–water partition coefficient (Wildman–Crippen LogP) is 7.40. The molecule has 0 saturated carbocycles. The van der Waals surface area contributed by atoms with Crippen molar-refractivity contribution in [1.29, 1.82) is 5.26 Å². The molecule has 1 heterocycles. The van der Waals surface area contributed by atoms with E-state index in [-0.39, 0.29) is 40.2 Å². The fourth-order valence-electron chi connectivity index (χ4n) is 5.64. The van der Waals surface area contributed by atoms with E-state index in [1.807, 2.05) is 38.1 Å². The van der Waals surface area contributed by atoms with Crippen LogP contribution < -0.4 is 15.4 Å². The number of nitrogens with zero attached hydrogens (tertiary/aromatic N) is 3. The van der Waals surface area contributed by atoms with Crippen LogP contribution in [-0.2, 0) is 11.4 Å². The van der Waals surface area contributed by atoms with Crippen LogP contribution in [-0.4, -0.2) is 10.7 Å². The molecule has 0 radical (unpaired) electrons. The highest BCUT2D eigenvalue weighted by molar-refractivity contribution is 6.32. The molecule has 208 valence electrons. The fraction of sp³-hybridized carbons (Fsp3) is 0.226. The van der Waals surface area contributed by atoms with Crippen LogP contribution in [0, 0.1) is 35.3 Å². The minimum atomic E-state index is -0.732. The van der Waals surface area contributed by atoms with Crippen molar-refractivity contribution in [3.8, 4) is 11.8 Å². The lowest BCUT2D eigenvalue weighted by Crippen LogP contribution is -2.39. The molecule has 0 amide bonds. The molecule has 8 nitrogen and oxygen atoms in total. The first-order chi connectivity index (χ1) is 19.6. The normalized spacial score (nSPS) is 16.9. The Morgan fingerprint density at radius 1 is 1.15 bits per heavy atom. The molecule has 2 aliphatic rings. The first kappa shape index (κ1) is 28.2. The molecule has 1 aliphatic carbocycles. The number of nitrogens with two attached hydrogens (primary N) is 1. The zero-order chi connectivity index (χ0) is 29.4. The van der Waals surface area contributed by atoms with Crippen LogP contribution in [0.1, 0.15) is 47.4 Å². The van der Waals surface area contributed by atoms with Gasteiger partial charge in [-0.3, -0.25) is 19.8 Å². The van der Waals surface area contributed by atoms with Crippen molar-refractivity contribution in [2.75, 3.05) is 4.90 Å². The Bertz CT molecular complexity index is 1710. The number of Topliss-reactive ketones (excluding diaryl/α,β-unsaturated/α-hetero) is 1. The van der Waals surface area contributed by atoms with Gasteiger partial charge in [-0.1, -0.05) is 53.0 Å². The van der Waals surface area contributed by atoms with Crippen molar-refractivity contribution < 1.29 is 14.5 Å². The van der Waals surface area contributed by atoms with Crippen LogP contribution in [0.4, 0.5) is 11.4 Å². The van der Waals surface area contributed by atoms with E-state index in [0.29, 0.717) is 41.3 Å². The Morgan fingerprint density at radius 3 is 2.61 bits per heavy atom. The van der Waals surface area contributed by atoms with E-state index in [9.17, 15) is 20.2 Å². The van der Waals surface area contributed by atoms with Gasteiger partial charge in [0.2, 0.25) is 0 Å². The largest absolute Gasteiger partial charge is 0.487 e. The number of nitriles is 1. The summed E-state index contributed by atoms with van der Waals surface area (Å²) in [4.78, 5) is 26.5. The van der Waals surface area contributed by atoms with Gasteiger partial charge in [-0.15, -0.1) is 0 Å². The van der Waals surface area contributed by atoms with Crippen molar-refractivity contribution in [3.05, 3.63) is 120 Å². The van der Waals surface area contributed by atoms with Crippen LogP contribution >= 0.6 is 23.2 Å². The third-order valence-corrected chi connectivity index (χ3v) is 8.07. The number of hydrogen-bond donors (Lipinski definition) is 1. The molecule has 2 N–H and O–H groups in total. The van der Waals surface area contributed by atoms with E-state index in [2.05, 4.69) is 6.07 Å². The number of para-hydroxylation sites is 1. The molecule has 0 fully saturated rings. The SMILES string of the molecule is Cc1cc(COc2ccccc2Cl)c(C)c(C2C(C#N)=C(N)N(c3ccc(Cl)cc3[N+](=O)[O-])C3=C2C(=O)CCC3)c1. The van der Waals surface area contributed by atoms with E-state index < -0.39 is 10.8 Å². The molecule has 0 aromatic heterocycles. The molecule has 10 heteroatoms. The van der Waals surface area contributed by atoms with Crippen LogP contribution in [0.15, 0.2) is 77.3 Å². The Hall–Kier alpha value is -4.32. The molecule has 0 spiro atoms. The van der Waals surface area contributed by atoms with Gasteiger partial charge in [0.1, 0.15) is 23.9 Å². The van der Waals surface area contributed by atoms with E-state index in [1.54, 1.807) is 12.1 Å². The number of halogens is 2. The highest BCUT2D eigenvalue weighted by Crippen LogP contribution is 2.49. The first-order valence-electron chi connectivity index (χ1n) is 13.0. The van der Waals surface area contributed by atoms with Crippen LogP contribution in [0.3, 0.4) is 0 Å². The van der Waals surface area contributed by atoms with Crippen molar-refractivity contribution >= 4 is 40.4 Å². The smallest absolute Gasteiger partial charge is 0.294 e. The summed E-state index contributed by atoms with van der Waals surface area (Å²) in [5, 5.41) is 23.1. The van der Waals surface area contributed by atoms with E-state index >= 15 is 0 Å². The second kappa shape index (κ2) is 11.3. The van der Waals surface area contributed by atoms with Crippen molar-refractivity contribution in [1.82, 2.24) is 0 Å². The summed E-state index contributed by atoms with van der Waals surface area (Å²) in [6.07, 6.45) is 1.32. The molecule has 41 heavy (non-hydrogen) atoms. The molecule has 1 unspecified atom stereocenters. The number of carbonyl (C=O) groups excluding carboxylic acids is 1. The number of aryl methyl sites for hydroxylation is 1. The van der Waals surface area contributed by atoms with Crippen molar-refractivity contribution in [2.24, 2.45) is 5.73 Å². The Labute approximate surface area is 247 Å². The molecule has 0 saturated heterocycles. The van der Waals surface area contributed by atoms with Gasteiger partial charge >= 0.3 is 0 Å². The van der Waals surface area contributed by atoms with Gasteiger partial charge in [-0.05, 0) is 67.6 Å². The number of nitro benzene ring substituents is 1. The quantitative estimate of drug-likeness (QED) is 0.235. The molecule has 5 rings (SSSR count). The molecular weight excluding hydrogens is 563 g/mol. The Balaban J connectivity index is 1.68. The Kier molecular flexibility index (Phi) is 7.76. The minimum Gasteiger partial charge on any atom is -0.487 e. The summed E-state index contributed by atoms with van der Waals surface area (Å²) in [6.45, 7) is 4.08. The number of benzene rings is 3. The second-order valence-corrected chi connectivity index (χ2v) is 10.9. The van der Waals surface area contributed by atoms with Gasteiger partial charge in [0.05, 0.1) is 27.5 Å². The summed E-state index contributed by atoms with van der Waals surface area (Å²) >= 11 is 12.4. The fourth-order valence-corrected chi connectivity index (χ4v) is 5.99.